The molecule has 4 N–H and O–H groups in total. The third-order valence-corrected chi connectivity index (χ3v) is 3.04. The molecule has 20 heavy (non-hydrogen) atoms. The molecular weight excluding hydrogens is 260 g/mol. The molecule has 1 aromatic carbocycles. The Bertz CT molecular complexity index is 424. The number of hydrogen-bond acceptors (Lipinski definition) is 4. The Balaban J connectivity index is 2.43. The van der Waals surface area contributed by atoms with Gasteiger partial charge >= 0.3 is 0 Å². The molecule has 0 spiro atoms. The molecule has 110 valence electrons. The molecule has 2 amide bonds. The Kier molecular flexibility index (Phi) is 6.69. The zero-order chi connectivity index (χ0) is 15.0. The number of amides is 2. The van der Waals surface area contributed by atoms with E-state index in [0.717, 1.165) is 5.56 Å². The lowest BCUT2D eigenvalue weighted by Gasteiger charge is -2.23. The van der Waals surface area contributed by atoms with E-state index in [1.165, 1.54) is 6.92 Å². The average Bonchev–Trinajstić information content (AvgIpc) is 2.49. The van der Waals surface area contributed by atoms with Crippen molar-refractivity contribution in [2.45, 2.75) is 25.7 Å². The van der Waals surface area contributed by atoms with Crippen LogP contribution in [0.15, 0.2) is 30.3 Å². The molecule has 6 nitrogen and oxygen atoms in total. The Morgan fingerprint density at radius 2 is 1.95 bits per heavy atom. The van der Waals surface area contributed by atoms with Crippen molar-refractivity contribution in [3.05, 3.63) is 35.9 Å². The Morgan fingerprint density at radius 1 is 1.30 bits per heavy atom. The maximum absolute atomic E-state index is 11.9. The van der Waals surface area contributed by atoms with E-state index in [4.69, 9.17) is 0 Å². The first-order chi connectivity index (χ1) is 9.56. The molecule has 1 aromatic rings. The lowest BCUT2D eigenvalue weighted by atomic mass is 9.98. The van der Waals surface area contributed by atoms with Gasteiger partial charge in [0.2, 0.25) is 12.3 Å². The van der Waals surface area contributed by atoms with Crippen molar-refractivity contribution < 1.29 is 19.8 Å². The van der Waals surface area contributed by atoms with Crippen molar-refractivity contribution in [3.63, 3.8) is 0 Å². The van der Waals surface area contributed by atoms with Gasteiger partial charge in [-0.3, -0.25) is 9.59 Å². The normalized spacial score (nSPS) is 14.9. The number of benzene rings is 1. The van der Waals surface area contributed by atoms with E-state index < -0.39 is 18.1 Å². The van der Waals surface area contributed by atoms with Gasteiger partial charge in [0, 0.05) is 13.1 Å². The number of carbonyl (C=O) groups excluding carboxylic acids is 2. The molecule has 0 heterocycles. The van der Waals surface area contributed by atoms with Gasteiger partial charge in [0.05, 0.1) is 18.1 Å². The molecule has 6 heteroatoms. The lowest BCUT2D eigenvalue weighted by molar-refractivity contribution is -0.131. The van der Waals surface area contributed by atoms with Gasteiger partial charge in [0.1, 0.15) is 0 Å². The number of aliphatic hydroxyl groups excluding tert-OH is 2. The fourth-order valence-corrected chi connectivity index (χ4v) is 1.72. The van der Waals surface area contributed by atoms with Crippen molar-refractivity contribution in [2.24, 2.45) is 5.92 Å². The summed E-state index contributed by atoms with van der Waals surface area (Å²) in [7, 11) is 0. The smallest absolute Gasteiger partial charge is 0.225 e. The third kappa shape index (κ3) is 4.99. The molecule has 0 saturated carbocycles. The molecule has 0 aliphatic heterocycles. The third-order valence-electron chi connectivity index (χ3n) is 3.04. The first kappa shape index (κ1) is 16.1. The highest BCUT2D eigenvalue weighted by atomic mass is 16.3. The van der Waals surface area contributed by atoms with Crippen molar-refractivity contribution in [1.29, 1.82) is 0 Å². The van der Waals surface area contributed by atoms with Gasteiger partial charge in [-0.2, -0.15) is 0 Å². The topological polar surface area (TPSA) is 98.7 Å². The van der Waals surface area contributed by atoms with E-state index in [1.54, 1.807) is 0 Å². The quantitative estimate of drug-likeness (QED) is 0.478. The Hall–Kier alpha value is -1.92. The highest BCUT2D eigenvalue weighted by Gasteiger charge is 2.27. The van der Waals surface area contributed by atoms with Crippen LogP contribution in [0.1, 0.15) is 12.5 Å². The van der Waals surface area contributed by atoms with Crippen LogP contribution in [-0.2, 0) is 16.1 Å². The van der Waals surface area contributed by atoms with Gasteiger partial charge < -0.3 is 20.8 Å². The van der Waals surface area contributed by atoms with E-state index in [2.05, 4.69) is 10.6 Å². The number of carbonyl (C=O) groups is 2. The Morgan fingerprint density at radius 3 is 2.55 bits per heavy atom. The SMILES string of the molecule is CC(C(=O)NCc1ccccc1)C(O)C(O)CNC=O. The molecular formula is C14H20N2O4. The predicted octanol–water partition coefficient (Wildman–Crippen LogP) is -0.593. The van der Waals surface area contributed by atoms with E-state index in [-0.39, 0.29) is 12.5 Å². The van der Waals surface area contributed by atoms with Crippen LogP contribution in [0.2, 0.25) is 0 Å². The van der Waals surface area contributed by atoms with Gasteiger partial charge in [-0.25, -0.2) is 0 Å². The second-order valence-electron chi connectivity index (χ2n) is 4.58. The minimum atomic E-state index is -1.24. The van der Waals surface area contributed by atoms with Crippen molar-refractivity contribution in [1.82, 2.24) is 10.6 Å². The predicted molar refractivity (Wildman–Crippen MR) is 73.5 cm³/mol. The van der Waals surface area contributed by atoms with Gasteiger partial charge in [0.15, 0.2) is 0 Å². The molecule has 0 aliphatic rings. The summed E-state index contributed by atoms with van der Waals surface area (Å²) in [5.41, 5.74) is 0.950. The minimum Gasteiger partial charge on any atom is -0.390 e. The maximum atomic E-state index is 11.9. The number of hydrogen-bond donors (Lipinski definition) is 4. The fourth-order valence-electron chi connectivity index (χ4n) is 1.72. The number of nitrogens with one attached hydrogen (secondary N) is 2. The summed E-state index contributed by atoms with van der Waals surface area (Å²) in [6.07, 6.45) is -1.99. The molecule has 3 unspecified atom stereocenters. The van der Waals surface area contributed by atoms with Gasteiger partial charge in [0.25, 0.3) is 0 Å². The number of aliphatic hydroxyl groups is 2. The Labute approximate surface area is 117 Å². The van der Waals surface area contributed by atoms with Crippen LogP contribution >= 0.6 is 0 Å². The number of rotatable bonds is 8. The summed E-state index contributed by atoms with van der Waals surface area (Å²) in [6, 6.07) is 9.38. The van der Waals surface area contributed by atoms with E-state index in [9.17, 15) is 19.8 Å². The molecule has 0 aromatic heterocycles. The average molecular weight is 280 g/mol. The first-order valence-electron chi connectivity index (χ1n) is 6.41. The van der Waals surface area contributed by atoms with Crippen LogP contribution in [0.25, 0.3) is 0 Å². The summed E-state index contributed by atoms with van der Waals surface area (Å²) in [6.45, 7) is 1.79. The largest absolute Gasteiger partial charge is 0.390 e. The molecule has 0 bridgehead atoms. The first-order valence-corrected chi connectivity index (χ1v) is 6.41. The second-order valence-corrected chi connectivity index (χ2v) is 4.58. The lowest BCUT2D eigenvalue weighted by Crippen LogP contribution is -2.45. The summed E-state index contributed by atoms with van der Waals surface area (Å²) >= 11 is 0. The van der Waals surface area contributed by atoms with E-state index in [0.29, 0.717) is 13.0 Å². The molecule has 1 rings (SSSR count). The van der Waals surface area contributed by atoms with Gasteiger partial charge in [-0.05, 0) is 5.56 Å². The van der Waals surface area contributed by atoms with Crippen LogP contribution in [-0.4, -0.2) is 41.3 Å². The zero-order valence-corrected chi connectivity index (χ0v) is 11.3. The standard InChI is InChI=1S/C14H20N2O4/c1-10(13(19)12(18)8-15-9-17)14(20)16-7-11-5-3-2-4-6-11/h2-6,9-10,12-13,18-19H,7-8H2,1H3,(H,15,17)(H,16,20). The van der Waals surface area contributed by atoms with Crippen molar-refractivity contribution in [2.75, 3.05) is 6.54 Å². The van der Waals surface area contributed by atoms with E-state index in [1.807, 2.05) is 30.3 Å². The zero-order valence-electron chi connectivity index (χ0n) is 11.3. The highest BCUT2D eigenvalue weighted by Crippen LogP contribution is 2.08. The second kappa shape index (κ2) is 8.29. The highest BCUT2D eigenvalue weighted by molar-refractivity contribution is 5.78. The van der Waals surface area contributed by atoms with Crippen LogP contribution in [0.4, 0.5) is 0 Å². The van der Waals surface area contributed by atoms with Crippen LogP contribution in [0.5, 0.6) is 0 Å². The summed E-state index contributed by atoms with van der Waals surface area (Å²) < 4.78 is 0. The van der Waals surface area contributed by atoms with E-state index >= 15 is 0 Å². The van der Waals surface area contributed by atoms with Crippen molar-refractivity contribution >= 4 is 12.3 Å². The van der Waals surface area contributed by atoms with Crippen LogP contribution in [0, 0.1) is 5.92 Å². The van der Waals surface area contributed by atoms with Gasteiger partial charge in [-0.1, -0.05) is 37.3 Å². The summed E-state index contributed by atoms with van der Waals surface area (Å²) in [4.78, 5) is 22.0. The van der Waals surface area contributed by atoms with Crippen molar-refractivity contribution in [3.8, 4) is 0 Å². The molecule has 0 saturated heterocycles. The fraction of sp³-hybridized carbons (Fsp3) is 0.429. The molecule has 0 fully saturated rings. The molecule has 3 atom stereocenters. The monoisotopic (exact) mass is 280 g/mol. The summed E-state index contributed by atoms with van der Waals surface area (Å²) in [5.74, 6) is -1.13. The van der Waals surface area contributed by atoms with Crippen LogP contribution < -0.4 is 10.6 Å². The molecule has 0 aliphatic carbocycles. The summed E-state index contributed by atoms with van der Waals surface area (Å²) in [5, 5.41) is 24.4. The molecule has 0 radical (unpaired) electrons. The minimum absolute atomic E-state index is 0.0963. The maximum Gasteiger partial charge on any atom is 0.225 e. The van der Waals surface area contributed by atoms with Crippen LogP contribution in [0.3, 0.4) is 0 Å². The van der Waals surface area contributed by atoms with Gasteiger partial charge in [-0.15, -0.1) is 0 Å².